The molecule has 10 nitrogen and oxygen atoms in total. The normalized spacial score (nSPS) is 15.6. The summed E-state index contributed by atoms with van der Waals surface area (Å²) in [6.07, 6.45) is 21.5. The number of esters is 2. The van der Waals surface area contributed by atoms with Gasteiger partial charge in [-0.05, 0) is 32.1 Å². The first kappa shape index (κ1) is 38.9. The van der Waals surface area contributed by atoms with Gasteiger partial charge < -0.3 is 24.0 Å². The number of unbranched alkanes of at least 4 members (excludes halogenated alkanes) is 3. The van der Waals surface area contributed by atoms with Crippen molar-refractivity contribution in [2.24, 2.45) is 0 Å². The largest absolute Gasteiger partial charge is 0.472 e. The Morgan fingerprint density at radius 3 is 2.27 bits per heavy atom. The topological polar surface area (TPSA) is 129 Å². The Kier molecular flexibility index (Phi) is 22.3. The van der Waals surface area contributed by atoms with Gasteiger partial charge in [0.25, 0.3) is 0 Å². The van der Waals surface area contributed by atoms with Crippen LogP contribution in [-0.4, -0.2) is 86.1 Å². The number of carbonyl (C=O) groups is 2. The van der Waals surface area contributed by atoms with Gasteiger partial charge in [0.1, 0.15) is 19.8 Å². The Labute approximate surface area is 246 Å². The van der Waals surface area contributed by atoms with Gasteiger partial charge in [-0.1, -0.05) is 74.8 Å². The van der Waals surface area contributed by atoms with Crippen LogP contribution in [0.3, 0.4) is 0 Å². The minimum Gasteiger partial charge on any atom is -0.462 e. The van der Waals surface area contributed by atoms with E-state index in [9.17, 15) is 24.2 Å². The van der Waals surface area contributed by atoms with E-state index in [1.165, 1.54) is 6.92 Å². The lowest BCUT2D eigenvalue weighted by molar-refractivity contribution is -0.870. The Balaban J connectivity index is 4.26. The molecule has 2 N–H and O–H groups in total. The Morgan fingerprint density at radius 1 is 0.927 bits per heavy atom. The molecule has 0 saturated heterocycles. The molecule has 0 aliphatic carbocycles. The van der Waals surface area contributed by atoms with Crippen LogP contribution in [0.2, 0.25) is 0 Å². The highest BCUT2D eigenvalue weighted by Gasteiger charge is 2.26. The molecular formula is C30H53NO9P+. The van der Waals surface area contributed by atoms with Crippen molar-refractivity contribution in [2.75, 3.05) is 47.5 Å². The number of likely N-dealkylation sites (N-methyl/N-ethyl adjacent to an activating group) is 1. The molecule has 0 aromatic rings. The van der Waals surface area contributed by atoms with E-state index < -0.39 is 32.5 Å². The van der Waals surface area contributed by atoms with E-state index in [0.29, 0.717) is 23.9 Å². The van der Waals surface area contributed by atoms with Crippen molar-refractivity contribution < 1.29 is 47.2 Å². The number of allylic oxidation sites excluding steroid dienone is 7. The average Bonchev–Trinajstić information content (AvgIpc) is 2.87. The number of hydrogen-bond acceptors (Lipinski definition) is 8. The van der Waals surface area contributed by atoms with E-state index in [-0.39, 0.29) is 25.7 Å². The number of hydrogen-bond donors (Lipinski definition) is 2. The standard InChI is InChI=1S/C30H52NO9P/c1-6-7-17-20-28(33)21-18-15-13-11-9-8-10-12-14-16-19-22-30(34)40-29(25-37-27(2)32)26-39-41(35,36)38-24-23-31(3,4)5/h8-9,12-15,18,21,28-29,33H,6-7,10-11,16-17,19-20,22-26H2,1-5H3/p+1/b9-8-,14-12-,15-13-,21-18+/t28-,29+/m0/s1. The van der Waals surface area contributed by atoms with Crippen LogP contribution in [0, 0.1) is 0 Å². The number of phosphoric acid groups is 1. The molecule has 0 saturated carbocycles. The second kappa shape index (κ2) is 23.5. The minimum atomic E-state index is -4.35. The van der Waals surface area contributed by atoms with Crippen LogP contribution >= 0.6 is 7.82 Å². The van der Waals surface area contributed by atoms with E-state index in [1.54, 1.807) is 0 Å². The first-order valence-corrected chi connectivity index (χ1v) is 15.9. The van der Waals surface area contributed by atoms with E-state index in [4.69, 9.17) is 18.5 Å². The highest BCUT2D eigenvalue weighted by molar-refractivity contribution is 7.47. The molecule has 0 amide bonds. The van der Waals surface area contributed by atoms with Gasteiger partial charge in [-0.25, -0.2) is 4.57 Å². The zero-order valence-corrected chi connectivity index (χ0v) is 26.5. The molecule has 11 heteroatoms. The molecule has 0 aliphatic rings. The predicted octanol–water partition coefficient (Wildman–Crippen LogP) is 5.42. The monoisotopic (exact) mass is 602 g/mol. The quantitative estimate of drug-likeness (QED) is 0.0372. The second-order valence-electron chi connectivity index (χ2n) is 10.7. The smallest absolute Gasteiger partial charge is 0.462 e. The number of quaternary nitrogens is 1. The summed E-state index contributed by atoms with van der Waals surface area (Å²) in [5.74, 6) is -1.09. The number of rotatable bonds is 24. The van der Waals surface area contributed by atoms with E-state index in [1.807, 2.05) is 57.6 Å². The van der Waals surface area contributed by atoms with Crippen LogP contribution < -0.4 is 0 Å². The third kappa shape index (κ3) is 27.9. The molecule has 0 aliphatic heterocycles. The van der Waals surface area contributed by atoms with Gasteiger partial charge >= 0.3 is 19.8 Å². The molecule has 0 aromatic heterocycles. The number of aliphatic hydroxyl groups excluding tert-OH is 1. The summed E-state index contributed by atoms with van der Waals surface area (Å²) in [5, 5.41) is 9.83. The van der Waals surface area contributed by atoms with Gasteiger partial charge in [-0.2, -0.15) is 0 Å². The number of phosphoric ester groups is 1. The van der Waals surface area contributed by atoms with Gasteiger partial charge in [-0.3, -0.25) is 18.6 Å². The van der Waals surface area contributed by atoms with Crippen molar-refractivity contribution in [1.82, 2.24) is 0 Å². The van der Waals surface area contributed by atoms with Crippen molar-refractivity contribution in [1.29, 1.82) is 0 Å². The van der Waals surface area contributed by atoms with Crippen molar-refractivity contribution in [3.8, 4) is 0 Å². The van der Waals surface area contributed by atoms with Crippen LogP contribution in [-0.2, 0) is 32.7 Å². The average molecular weight is 603 g/mol. The number of nitrogens with zero attached hydrogens (tertiary/aromatic N) is 1. The van der Waals surface area contributed by atoms with Gasteiger partial charge in [0, 0.05) is 13.3 Å². The molecular weight excluding hydrogens is 549 g/mol. The van der Waals surface area contributed by atoms with E-state index in [0.717, 1.165) is 38.5 Å². The fraction of sp³-hybridized carbons (Fsp3) is 0.667. The molecule has 0 spiro atoms. The number of carbonyl (C=O) groups excluding carboxylic acids is 2. The Hall–Kier alpha value is -2.07. The van der Waals surface area contributed by atoms with Crippen LogP contribution in [0.5, 0.6) is 0 Å². The zero-order chi connectivity index (χ0) is 31.0. The SMILES string of the molecule is CCCCC[C@H](O)/C=C/C=C\C/C=C\C/C=C\CCCC(=O)O[C@H](COC(C)=O)COP(=O)(O)OCC[N+](C)(C)C. The lowest BCUT2D eigenvalue weighted by atomic mass is 10.1. The highest BCUT2D eigenvalue weighted by atomic mass is 31.2. The maximum atomic E-state index is 12.2. The van der Waals surface area contributed by atoms with E-state index >= 15 is 0 Å². The summed E-state index contributed by atoms with van der Waals surface area (Å²) < 4.78 is 32.8. The van der Waals surface area contributed by atoms with Crippen molar-refractivity contribution >= 4 is 19.8 Å². The Morgan fingerprint density at radius 2 is 1.61 bits per heavy atom. The third-order valence-electron chi connectivity index (χ3n) is 5.52. The fourth-order valence-electron chi connectivity index (χ4n) is 3.19. The van der Waals surface area contributed by atoms with E-state index in [2.05, 4.69) is 19.1 Å². The fourth-order valence-corrected chi connectivity index (χ4v) is 3.93. The summed E-state index contributed by atoms with van der Waals surface area (Å²) in [4.78, 5) is 33.3. The second-order valence-corrected chi connectivity index (χ2v) is 12.2. The number of aliphatic hydroxyl groups is 1. The van der Waals surface area contributed by atoms with Crippen LogP contribution in [0.4, 0.5) is 0 Å². The van der Waals surface area contributed by atoms with Crippen LogP contribution in [0.15, 0.2) is 48.6 Å². The third-order valence-corrected chi connectivity index (χ3v) is 6.51. The molecule has 1 unspecified atom stereocenters. The van der Waals surface area contributed by atoms with Crippen LogP contribution in [0.25, 0.3) is 0 Å². The predicted molar refractivity (Wildman–Crippen MR) is 161 cm³/mol. The van der Waals surface area contributed by atoms with Gasteiger partial charge in [0.05, 0.1) is 33.9 Å². The molecule has 0 fully saturated rings. The molecule has 0 aromatic carbocycles. The lowest BCUT2D eigenvalue weighted by Crippen LogP contribution is -2.37. The van der Waals surface area contributed by atoms with Gasteiger partial charge in [-0.15, -0.1) is 0 Å². The Bertz CT molecular complexity index is 878. The molecule has 0 bridgehead atoms. The molecule has 236 valence electrons. The summed E-state index contributed by atoms with van der Waals surface area (Å²) in [5.41, 5.74) is 0. The number of ether oxygens (including phenoxy) is 2. The summed E-state index contributed by atoms with van der Waals surface area (Å²) in [6.45, 7) is 3.12. The molecule has 41 heavy (non-hydrogen) atoms. The van der Waals surface area contributed by atoms with Crippen molar-refractivity contribution in [3.63, 3.8) is 0 Å². The first-order valence-electron chi connectivity index (χ1n) is 14.4. The van der Waals surface area contributed by atoms with Crippen LogP contribution in [0.1, 0.15) is 71.6 Å². The molecule has 0 heterocycles. The highest BCUT2D eigenvalue weighted by Crippen LogP contribution is 2.43. The summed E-state index contributed by atoms with van der Waals surface area (Å²) in [6, 6.07) is 0. The maximum absolute atomic E-state index is 12.2. The molecule has 0 rings (SSSR count). The lowest BCUT2D eigenvalue weighted by Gasteiger charge is -2.24. The summed E-state index contributed by atoms with van der Waals surface area (Å²) in [7, 11) is 1.39. The van der Waals surface area contributed by atoms with Crippen molar-refractivity contribution in [2.45, 2.75) is 83.8 Å². The molecule has 3 atom stereocenters. The zero-order valence-electron chi connectivity index (χ0n) is 25.6. The minimum absolute atomic E-state index is 0.00864. The maximum Gasteiger partial charge on any atom is 0.472 e. The first-order chi connectivity index (χ1) is 19.3. The molecule has 0 radical (unpaired) electrons. The van der Waals surface area contributed by atoms with Crippen molar-refractivity contribution in [3.05, 3.63) is 48.6 Å². The van der Waals surface area contributed by atoms with Gasteiger partial charge in [0.2, 0.25) is 0 Å². The van der Waals surface area contributed by atoms with Gasteiger partial charge in [0.15, 0.2) is 6.10 Å². The summed E-state index contributed by atoms with van der Waals surface area (Å²) >= 11 is 0.